The molecule has 0 saturated heterocycles. The molecular weight excluding hydrogens is 222 g/mol. The quantitative estimate of drug-likeness (QED) is 0.538. The van der Waals surface area contributed by atoms with Crippen LogP contribution in [0.15, 0.2) is 30.0 Å². The van der Waals surface area contributed by atoms with Gasteiger partial charge in [0.2, 0.25) is 0 Å². The van der Waals surface area contributed by atoms with Gasteiger partial charge in [0, 0.05) is 11.8 Å². The van der Waals surface area contributed by atoms with E-state index in [0.717, 1.165) is 12.8 Å². The highest BCUT2D eigenvalue weighted by molar-refractivity contribution is 6.02. The highest BCUT2D eigenvalue weighted by atomic mass is 16.5. The van der Waals surface area contributed by atoms with Crippen LogP contribution in [0.3, 0.4) is 0 Å². The van der Waals surface area contributed by atoms with Gasteiger partial charge in [-0.3, -0.25) is 4.79 Å². The lowest BCUT2D eigenvalue weighted by molar-refractivity contribution is -0.116. The van der Waals surface area contributed by atoms with E-state index in [4.69, 9.17) is 9.84 Å². The van der Waals surface area contributed by atoms with Gasteiger partial charge in [0.05, 0.1) is 6.61 Å². The molecule has 5 heteroatoms. The number of allylic oxidation sites excluding steroid dienone is 1. The first kappa shape index (κ1) is 11.3. The SMILES string of the molecule is O=C(Nc1ccc(O)c(O)c1)C1=CCCCO1. The van der Waals surface area contributed by atoms with E-state index in [9.17, 15) is 9.90 Å². The van der Waals surface area contributed by atoms with Crippen LogP contribution >= 0.6 is 0 Å². The van der Waals surface area contributed by atoms with Crippen molar-refractivity contribution in [3.63, 3.8) is 0 Å². The Bertz CT molecular complexity index is 468. The Kier molecular flexibility index (Phi) is 3.18. The van der Waals surface area contributed by atoms with Crippen LogP contribution in [0, 0.1) is 0 Å². The zero-order chi connectivity index (χ0) is 12.3. The molecule has 0 fully saturated rings. The van der Waals surface area contributed by atoms with Crippen LogP contribution < -0.4 is 5.32 Å². The van der Waals surface area contributed by atoms with Crippen molar-refractivity contribution < 1.29 is 19.7 Å². The second kappa shape index (κ2) is 4.78. The molecule has 1 aromatic carbocycles. The third-order valence-electron chi connectivity index (χ3n) is 2.39. The van der Waals surface area contributed by atoms with Crippen LogP contribution in [-0.4, -0.2) is 22.7 Å². The Labute approximate surface area is 98.3 Å². The van der Waals surface area contributed by atoms with E-state index in [2.05, 4.69) is 5.32 Å². The molecule has 0 saturated carbocycles. The number of ether oxygens (including phenoxy) is 1. The van der Waals surface area contributed by atoms with E-state index in [1.165, 1.54) is 18.2 Å². The van der Waals surface area contributed by atoms with Crippen LogP contribution in [0.1, 0.15) is 12.8 Å². The fourth-order valence-electron chi connectivity index (χ4n) is 1.51. The monoisotopic (exact) mass is 235 g/mol. The first-order valence-corrected chi connectivity index (χ1v) is 5.33. The van der Waals surface area contributed by atoms with Crippen LogP contribution in [0.25, 0.3) is 0 Å². The number of carbonyl (C=O) groups is 1. The molecule has 1 aliphatic heterocycles. The highest BCUT2D eigenvalue weighted by Crippen LogP contribution is 2.27. The van der Waals surface area contributed by atoms with E-state index >= 15 is 0 Å². The molecule has 2 rings (SSSR count). The molecule has 0 atom stereocenters. The molecule has 0 aliphatic carbocycles. The largest absolute Gasteiger partial charge is 0.504 e. The number of carbonyl (C=O) groups excluding carboxylic acids is 1. The third kappa shape index (κ3) is 2.69. The molecule has 3 N–H and O–H groups in total. The summed E-state index contributed by atoms with van der Waals surface area (Å²) in [4.78, 5) is 11.7. The van der Waals surface area contributed by atoms with Gasteiger partial charge in [-0.2, -0.15) is 0 Å². The second-order valence-electron chi connectivity index (χ2n) is 3.72. The molecule has 90 valence electrons. The van der Waals surface area contributed by atoms with Crippen molar-refractivity contribution in [2.24, 2.45) is 0 Å². The molecule has 1 aromatic rings. The zero-order valence-electron chi connectivity index (χ0n) is 9.14. The van der Waals surface area contributed by atoms with Crippen molar-refractivity contribution in [3.05, 3.63) is 30.0 Å². The van der Waals surface area contributed by atoms with Crippen molar-refractivity contribution in [1.82, 2.24) is 0 Å². The molecule has 0 unspecified atom stereocenters. The van der Waals surface area contributed by atoms with Gasteiger partial charge < -0.3 is 20.3 Å². The molecule has 17 heavy (non-hydrogen) atoms. The molecule has 1 heterocycles. The van der Waals surface area contributed by atoms with Crippen LogP contribution in [0.2, 0.25) is 0 Å². The van der Waals surface area contributed by atoms with Crippen molar-refractivity contribution in [1.29, 1.82) is 0 Å². The predicted molar refractivity (Wildman–Crippen MR) is 61.7 cm³/mol. The molecule has 0 spiro atoms. The molecule has 1 amide bonds. The summed E-state index contributed by atoms with van der Waals surface area (Å²) >= 11 is 0. The van der Waals surface area contributed by atoms with Crippen LogP contribution in [0.4, 0.5) is 5.69 Å². The number of hydrogen-bond acceptors (Lipinski definition) is 4. The van der Waals surface area contributed by atoms with Gasteiger partial charge in [-0.25, -0.2) is 0 Å². The molecule has 5 nitrogen and oxygen atoms in total. The lowest BCUT2D eigenvalue weighted by Gasteiger charge is -2.14. The number of nitrogens with one attached hydrogen (secondary N) is 1. The number of hydrogen-bond donors (Lipinski definition) is 3. The molecular formula is C12H13NO4. The Morgan fingerprint density at radius 2 is 2.12 bits per heavy atom. The summed E-state index contributed by atoms with van der Waals surface area (Å²) in [5.41, 5.74) is 0.403. The molecule has 0 bridgehead atoms. The molecule has 0 aromatic heterocycles. The Morgan fingerprint density at radius 3 is 2.76 bits per heavy atom. The summed E-state index contributed by atoms with van der Waals surface area (Å²) in [5.74, 6) is -0.559. The third-order valence-corrected chi connectivity index (χ3v) is 2.39. The first-order chi connectivity index (χ1) is 8.16. The van der Waals surface area contributed by atoms with Crippen LogP contribution in [0.5, 0.6) is 11.5 Å². The summed E-state index contributed by atoms with van der Waals surface area (Å²) in [6.45, 7) is 0.542. The van der Waals surface area contributed by atoms with Gasteiger partial charge in [-0.1, -0.05) is 0 Å². The van der Waals surface area contributed by atoms with Gasteiger partial charge in [0.25, 0.3) is 5.91 Å². The maximum Gasteiger partial charge on any atom is 0.290 e. The smallest absolute Gasteiger partial charge is 0.290 e. The summed E-state index contributed by atoms with van der Waals surface area (Å²) in [6.07, 6.45) is 3.47. The van der Waals surface area contributed by atoms with Crippen LogP contribution in [-0.2, 0) is 9.53 Å². The zero-order valence-corrected chi connectivity index (χ0v) is 9.14. The van der Waals surface area contributed by atoms with Crippen molar-refractivity contribution in [2.45, 2.75) is 12.8 Å². The lowest BCUT2D eigenvalue weighted by Crippen LogP contribution is -2.18. The Morgan fingerprint density at radius 1 is 1.29 bits per heavy atom. The number of benzene rings is 1. The topological polar surface area (TPSA) is 78.8 Å². The second-order valence-corrected chi connectivity index (χ2v) is 3.72. The minimum atomic E-state index is -0.352. The normalized spacial score (nSPS) is 14.7. The minimum Gasteiger partial charge on any atom is -0.504 e. The summed E-state index contributed by atoms with van der Waals surface area (Å²) < 4.78 is 5.20. The fourth-order valence-corrected chi connectivity index (χ4v) is 1.51. The Hall–Kier alpha value is -2.17. The number of amides is 1. The average molecular weight is 235 g/mol. The number of aromatic hydroxyl groups is 2. The summed E-state index contributed by atoms with van der Waals surface area (Å²) in [6, 6.07) is 4.08. The molecule has 1 aliphatic rings. The number of rotatable bonds is 2. The predicted octanol–water partition coefficient (Wildman–Crippen LogP) is 1.73. The number of anilines is 1. The van der Waals surface area contributed by atoms with Gasteiger partial charge in [-0.05, 0) is 31.1 Å². The number of phenols is 2. The van der Waals surface area contributed by atoms with Gasteiger partial charge >= 0.3 is 0 Å². The van der Waals surface area contributed by atoms with Crippen molar-refractivity contribution >= 4 is 11.6 Å². The average Bonchev–Trinajstić information content (AvgIpc) is 2.35. The van der Waals surface area contributed by atoms with E-state index in [0.29, 0.717) is 18.1 Å². The first-order valence-electron chi connectivity index (χ1n) is 5.33. The van der Waals surface area contributed by atoms with Gasteiger partial charge in [-0.15, -0.1) is 0 Å². The summed E-state index contributed by atoms with van der Waals surface area (Å²) in [7, 11) is 0. The van der Waals surface area contributed by atoms with Crippen molar-refractivity contribution in [2.75, 3.05) is 11.9 Å². The maximum atomic E-state index is 11.7. The van der Waals surface area contributed by atoms with E-state index in [1.807, 2.05) is 0 Å². The fraction of sp³-hybridized carbons (Fsp3) is 0.250. The summed E-state index contributed by atoms with van der Waals surface area (Å²) in [5, 5.41) is 21.0. The van der Waals surface area contributed by atoms with Crippen molar-refractivity contribution in [3.8, 4) is 11.5 Å². The lowest BCUT2D eigenvalue weighted by atomic mass is 10.2. The molecule has 0 radical (unpaired) electrons. The maximum absolute atomic E-state index is 11.7. The van der Waals surface area contributed by atoms with E-state index in [-0.39, 0.29) is 17.4 Å². The van der Waals surface area contributed by atoms with E-state index in [1.54, 1.807) is 6.08 Å². The Balaban J connectivity index is 2.07. The highest BCUT2D eigenvalue weighted by Gasteiger charge is 2.14. The van der Waals surface area contributed by atoms with E-state index < -0.39 is 0 Å². The number of phenolic OH excluding ortho intramolecular Hbond substituents is 2. The minimum absolute atomic E-state index is 0.226. The standard InChI is InChI=1S/C12H13NO4/c14-9-5-4-8(7-10(9)15)13-12(16)11-3-1-2-6-17-11/h3-5,7,14-15H,1-2,6H2,(H,13,16). The van der Waals surface area contributed by atoms with Gasteiger partial charge in [0.1, 0.15) is 0 Å². The van der Waals surface area contributed by atoms with Gasteiger partial charge in [0.15, 0.2) is 17.3 Å².